The molecule has 5 nitrogen and oxygen atoms in total. The zero-order valence-electron chi connectivity index (χ0n) is 12.7. The number of fused-ring (bicyclic) bond motifs is 1. The summed E-state index contributed by atoms with van der Waals surface area (Å²) in [6, 6.07) is 10.3. The van der Waals surface area contributed by atoms with E-state index in [4.69, 9.17) is 0 Å². The van der Waals surface area contributed by atoms with Gasteiger partial charge in [-0.3, -0.25) is 0 Å². The summed E-state index contributed by atoms with van der Waals surface area (Å²) >= 11 is 1.72. The van der Waals surface area contributed by atoms with Crippen LogP contribution in [0.4, 0.5) is 4.79 Å². The molecule has 0 radical (unpaired) electrons. The Balaban J connectivity index is 1.43. The summed E-state index contributed by atoms with van der Waals surface area (Å²) in [6.45, 7) is 1.27. The second kappa shape index (κ2) is 6.04. The van der Waals surface area contributed by atoms with Crippen molar-refractivity contribution in [2.75, 3.05) is 6.54 Å². The number of carbonyl (C=O) groups is 1. The molecule has 2 amide bonds. The molecule has 0 saturated carbocycles. The molecule has 1 fully saturated rings. The zero-order valence-corrected chi connectivity index (χ0v) is 13.5. The standard InChI is InChI=1S/C17H18N4OS/c22-17(21-9-3-5-14(21)15-6-4-10-23-15)18-11-13-12-20-8-2-1-7-16(20)19-13/h1-2,4,6-8,10,12,14H,3,5,9,11H2,(H,18,22)/t14-/m1/s1. The van der Waals surface area contributed by atoms with Crippen molar-refractivity contribution in [3.8, 4) is 0 Å². The highest BCUT2D eigenvalue weighted by atomic mass is 32.1. The van der Waals surface area contributed by atoms with Gasteiger partial charge in [-0.05, 0) is 36.4 Å². The molecule has 0 spiro atoms. The van der Waals surface area contributed by atoms with E-state index in [2.05, 4.69) is 21.7 Å². The summed E-state index contributed by atoms with van der Waals surface area (Å²) in [5, 5.41) is 5.08. The van der Waals surface area contributed by atoms with E-state index in [1.54, 1.807) is 11.3 Å². The fourth-order valence-corrected chi connectivity index (χ4v) is 4.00. The number of imidazole rings is 1. The molecule has 1 N–H and O–H groups in total. The van der Waals surface area contributed by atoms with Crippen LogP contribution in [0.1, 0.15) is 29.5 Å². The lowest BCUT2D eigenvalue weighted by molar-refractivity contribution is 0.193. The van der Waals surface area contributed by atoms with Gasteiger partial charge in [0.1, 0.15) is 5.65 Å². The number of thiophene rings is 1. The van der Waals surface area contributed by atoms with Gasteiger partial charge in [0.25, 0.3) is 0 Å². The van der Waals surface area contributed by atoms with E-state index in [1.807, 2.05) is 46.0 Å². The molecule has 1 aliphatic heterocycles. The van der Waals surface area contributed by atoms with Crippen LogP contribution in [-0.2, 0) is 6.54 Å². The maximum absolute atomic E-state index is 12.5. The Hall–Kier alpha value is -2.34. The molecular weight excluding hydrogens is 308 g/mol. The van der Waals surface area contributed by atoms with Crippen molar-refractivity contribution >= 4 is 23.0 Å². The molecule has 1 atom stereocenters. The summed E-state index contributed by atoms with van der Waals surface area (Å²) in [6.07, 6.45) is 6.02. The van der Waals surface area contributed by atoms with Crippen LogP contribution in [0, 0.1) is 0 Å². The Bertz CT molecular complexity index is 778. The number of nitrogens with zero attached hydrogens (tertiary/aromatic N) is 3. The number of nitrogens with one attached hydrogen (secondary N) is 1. The van der Waals surface area contributed by atoms with Gasteiger partial charge in [-0.25, -0.2) is 9.78 Å². The summed E-state index contributed by atoms with van der Waals surface area (Å²) in [4.78, 5) is 20.3. The molecule has 4 rings (SSSR count). The number of amides is 2. The number of urea groups is 1. The van der Waals surface area contributed by atoms with Gasteiger partial charge >= 0.3 is 6.03 Å². The van der Waals surface area contributed by atoms with Crippen molar-refractivity contribution in [3.05, 3.63) is 58.7 Å². The van der Waals surface area contributed by atoms with E-state index >= 15 is 0 Å². The minimum Gasteiger partial charge on any atom is -0.332 e. The third kappa shape index (κ3) is 2.82. The molecule has 3 aromatic heterocycles. The summed E-state index contributed by atoms with van der Waals surface area (Å²) in [5.41, 5.74) is 1.77. The van der Waals surface area contributed by atoms with Gasteiger partial charge < -0.3 is 14.6 Å². The average molecular weight is 326 g/mol. The number of aromatic nitrogens is 2. The van der Waals surface area contributed by atoms with Crippen LogP contribution in [0.5, 0.6) is 0 Å². The first-order chi connectivity index (χ1) is 11.3. The van der Waals surface area contributed by atoms with Gasteiger partial charge in [0.2, 0.25) is 0 Å². The third-order valence-corrected chi connectivity index (χ3v) is 5.19. The molecule has 1 aliphatic rings. The molecule has 0 unspecified atom stereocenters. The lowest BCUT2D eigenvalue weighted by atomic mass is 10.2. The molecular formula is C17H18N4OS. The van der Waals surface area contributed by atoms with E-state index in [0.717, 1.165) is 30.7 Å². The highest BCUT2D eigenvalue weighted by molar-refractivity contribution is 7.10. The Morgan fingerprint density at radius 3 is 3.13 bits per heavy atom. The van der Waals surface area contributed by atoms with E-state index in [1.165, 1.54) is 4.88 Å². The van der Waals surface area contributed by atoms with E-state index in [-0.39, 0.29) is 12.1 Å². The first-order valence-corrected chi connectivity index (χ1v) is 8.70. The van der Waals surface area contributed by atoms with Crippen LogP contribution in [0.3, 0.4) is 0 Å². The van der Waals surface area contributed by atoms with Gasteiger partial charge in [-0.1, -0.05) is 12.1 Å². The van der Waals surface area contributed by atoms with Crippen LogP contribution in [0.15, 0.2) is 48.1 Å². The van der Waals surface area contributed by atoms with Gasteiger partial charge in [-0.2, -0.15) is 0 Å². The zero-order chi connectivity index (χ0) is 15.6. The topological polar surface area (TPSA) is 49.6 Å². The monoisotopic (exact) mass is 326 g/mol. The Labute approximate surface area is 138 Å². The molecule has 0 aliphatic carbocycles. The van der Waals surface area contributed by atoms with Crippen molar-refractivity contribution in [3.63, 3.8) is 0 Å². The lowest BCUT2D eigenvalue weighted by Gasteiger charge is -2.24. The number of carbonyl (C=O) groups excluding carboxylic acids is 1. The molecule has 4 heterocycles. The van der Waals surface area contributed by atoms with Gasteiger partial charge in [-0.15, -0.1) is 11.3 Å². The number of hydrogen-bond acceptors (Lipinski definition) is 3. The normalized spacial score (nSPS) is 17.7. The van der Waals surface area contributed by atoms with Crippen molar-refractivity contribution in [2.45, 2.75) is 25.4 Å². The Morgan fingerprint density at radius 2 is 2.30 bits per heavy atom. The Morgan fingerprint density at radius 1 is 1.35 bits per heavy atom. The molecule has 0 bridgehead atoms. The number of pyridine rings is 1. The second-order valence-electron chi connectivity index (χ2n) is 5.72. The molecule has 23 heavy (non-hydrogen) atoms. The van der Waals surface area contributed by atoms with E-state index < -0.39 is 0 Å². The largest absolute Gasteiger partial charge is 0.332 e. The van der Waals surface area contributed by atoms with Crippen molar-refractivity contribution < 1.29 is 4.79 Å². The minimum atomic E-state index is -0.00189. The first-order valence-electron chi connectivity index (χ1n) is 7.82. The number of likely N-dealkylation sites (tertiary alicyclic amines) is 1. The maximum Gasteiger partial charge on any atom is 0.318 e. The lowest BCUT2D eigenvalue weighted by Crippen LogP contribution is -2.39. The third-order valence-electron chi connectivity index (χ3n) is 4.22. The quantitative estimate of drug-likeness (QED) is 0.801. The summed E-state index contributed by atoms with van der Waals surface area (Å²) in [7, 11) is 0. The van der Waals surface area contributed by atoms with Crippen molar-refractivity contribution in [1.29, 1.82) is 0 Å². The Kier molecular flexibility index (Phi) is 3.75. The number of hydrogen-bond donors (Lipinski definition) is 1. The first kappa shape index (κ1) is 14.3. The summed E-state index contributed by atoms with van der Waals surface area (Å²) < 4.78 is 1.96. The highest BCUT2D eigenvalue weighted by Crippen LogP contribution is 2.34. The van der Waals surface area contributed by atoms with Gasteiger partial charge in [0.05, 0.1) is 18.3 Å². The fourth-order valence-electron chi connectivity index (χ4n) is 3.13. The van der Waals surface area contributed by atoms with Crippen LogP contribution >= 0.6 is 11.3 Å². The van der Waals surface area contributed by atoms with E-state index in [9.17, 15) is 4.79 Å². The predicted molar refractivity (Wildman–Crippen MR) is 90.4 cm³/mol. The molecule has 3 aromatic rings. The fraction of sp³-hybridized carbons (Fsp3) is 0.294. The maximum atomic E-state index is 12.5. The molecule has 6 heteroatoms. The SMILES string of the molecule is O=C(NCc1cn2ccccc2n1)N1CCC[C@@H]1c1cccs1. The van der Waals surface area contributed by atoms with E-state index in [0.29, 0.717) is 6.54 Å². The van der Waals surface area contributed by atoms with Crippen LogP contribution < -0.4 is 5.32 Å². The van der Waals surface area contributed by atoms with Crippen LogP contribution in [-0.4, -0.2) is 26.9 Å². The smallest absolute Gasteiger partial charge is 0.318 e. The second-order valence-corrected chi connectivity index (χ2v) is 6.70. The predicted octanol–water partition coefficient (Wildman–Crippen LogP) is 3.44. The van der Waals surface area contributed by atoms with Crippen LogP contribution in [0.25, 0.3) is 5.65 Å². The molecule has 118 valence electrons. The molecule has 1 saturated heterocycles. The van der Waals surface area contributed by atoms with Crippen LogP contribution in [0.2, 0.25) is 0 Å². The van der Waals surface area contributed by atoms with Crippen molar-refractivity contribution in [2.24, 2.45) is 0 Å². The van der Waals surface area contributed by atoms with Crippen molar-refractivity contribution in [1.82, 2.24) is 19.6 Å². The van der Waals surface area contributed by atoms with Gasteiger partial charge in [0, 0.05) is 23.8 Å². The minimum absolute atomic E-state index is 0.00189. The highest BCUT2D eigenvalue weighted by Gasteiger charge is 2.30. The van der Waals surface area contributed by atoms with Gasteiger partial charge in [0.15, 0.2) is 0 Å². The summed E-state index contributed by atoms with van der Waals surface area (Å²) in [5.74, 6) is 0. The average Bonchev–Trinajstić information content (AvgIpc) is 3.31. The molecule has 0 aromatic carbocycles. The number of rotatable bonds is 3.